The molecule has 0 spiro atoms. The molecule has 0 bridgehead atoms. The van der Waals surface area contributed by atoms with Gasteiger partial charge in [-0.15, -0.1) is 10.2 Å². The zero-order valence-corrected chi connectivity index (χ0v) is 18.9. The van der Waals surface area contributed by atoms with Crippen LogP contribution in [-0.2, 0) is 20.1 Å². The van der Waals surface area contributed by atoms with E-state index in [1.54, 1.807) is 14.2 Å². The molecule has 0 fully saturated rings. The zero-order chi connectivity index (χ0) is 21.8. The van der Waals surface area contributed by atoms with Gasteiger partial charge >= 0.3 is 0 Å². The van der Waals surface area contributed by atoms with E-state index in [2.05, 4.69) is 62.0 Å². The predicted octanol–water partition coefficient (Wildman–Crippen LogP) is 2.75. The van der Waals surface area contributed by atoms with Gasteiger partial charge < -0.3 is 24.1 Å². The summed E-state index contributed by atoms with van der Waals surface area (Å²) in [4.78, 5) is 6.54. The molecule has 0 unspecified atom stereocenters. The number of aliphatic imine (C=N–C) groups is 1. The molecule has 3 aromatic rings. The second kappa shape index (κ2) is 9.02. The van der Waals surface area contributed by atoms with Gasteiger partial charge in [0.25, 0.3) is 0 Å². The smallest absolute Gasteiger partial charge is 0.194 e. The van der Waals surface area contributed by atoms with Crippen molar-refractivity contribution >= 4 is 5.96 Å². The fraction of sp³-hybridized carbons (Fsp3) is 0.409. The summed E-state index contributed by atoms with van der Waals surface area (Å²) in [7, 11) is 7.48. The first-order valence-corrected chi connectivity index (χ1v) is 9.94. The largest absolute Gasteiger partial charge is 0.497 e. The van der Waals surface area contributed by atoms with Gasteiger partial charge in [0.15, 0.2) is 11.8 Å². The number of nitrogens with one attached hydrogen (secondary N) is 1. The van der Waals surface area contributed by atoms with Gasteiger partial charge in [0.2, 0.25) is 0 Å². The Hall–Kier alpha value is -3.29. The van der Waals surface area contributed by atoms with Crippen molar-refractivity contribution in [2.24, 2.45) is 12.0 Å². The molecule has 0 aliphatic carbocycles. The monoisotopic (exact) mass is 409 g/mol. The average molecular weight is 410 g/mol. The van der Waals surface area contributed by atoms with E-state index in [1.165, 1.54) is 17.0 Å². The molecular formula is C22H31N7O. The number of rotatable bonds is 6. The molecule has 30 heavy (non-hydrogen) atoms. The van der Waals surface area contributed by atoms with Crippen molar-refractivity contribution in [3.8, 4) is 11.4 Å². The zero-order valence-electron chi connectivity index (χ0n) is 18.9. The van der Waals surface area contributed by atoms with Gasteiger partial charge in [-0.05, 0) is 56.7 Å². The lowest BCUT2D eigenvalue weighted by Crippen LogP contribution is -2.38. The quantitative estimate of drug-likeness (QED) is 0.501. The predicted molar refractivity (Wildman–Crippen MR) is 119 cm³/mol. The molecule has 1 N–H and O–H groups in total. The lowest BCUT2D eigenvalue weighted by Gasteiger charge is -2.22. The highest BCUT2D eigenvalue weighted by atomic mass is 16.5. The summed E-state index contributed by atoms with van der Waals surface area (Å²) in [6, 6.07) is 10.4. The molecule has 0 atom stereocenters. The number of methoxy groups -OCH3 is 1. The SMILES string of the molecule is CN=C(NCc1nnc(C)n1C)N(C)Cc1cc(C)n(-c2ccc(OC)cc2)c1C. The van der Waals surface area contributed by atoms with Crippen LogP contribution in [0.1, 0.15) is 28.6 Å². The minimum absolute atomic E-state index is 0.569. The summed E-state index contributed by atoms with van der Waals surface area (Å²) in [6.07, 6.45) is 0. The maximum atomic E-state index is 5.28. The third-order valence-electron chi connectivity index (χ3n) is 5.43. The minimum Gasteiger partial charge on any atom is -0.497 e. The average Bonchev–Trinajstić information content (AvgIpc) is 3.20. The van der Waals surface area contributed by atoms with Crippen molar-refractivity contribution in [1.82, 2.24) is 29.5 Å². The lowest BCUT2D eigenvalue weighted by atomic mass is 10.2. The van der Waals surface area contributed by atoms with Crippen LogP contribution in [-0.4, -0.2) is 51.4 Å². The third-order valence-corrected chi connectivity index (χ3v) is 5.43. The van der Waals surface area contributed by atoms with Gasteiger partial charge in [-0.25, -0.2) is 0 Å². The first kappa shape index (κ1) is 21.4. The number of nitrogens with zero attached hydrogens (tertiary/aromatic N) is 6. The highest BCUT2D eigenvalue weighted by Crippen LogP contribution is 2.23. The highest BCUT2D eigenvalue weighted by Gasteiger charge is 2.15. The van der Waals surface area contributed by atoms with E-state index >= 15 is 0 Å². The van der Waals surface area contributed by atoms with E-state index < -0.39 is 0 Å². The summed E-state index contributed by atoms with van der Waals surface area (Å²) in [5.41, 5.74) is 4.78. The van der Waals surface area contributed by atoms with Crippen molar-refractivity contribution in [2.75, 3.05) is 21.2 Å². The molecule has 8 heteroatoms. The molecular weight excluding hydrogens is 378 g/mol. The summed E-state index contributed by atoms with van der Waals surface area (Å²) in [5.74, 6) is 3.43. The van der Waals surface area contributed by atoms with Gasteiger partial charge in [-0.3, -0.25) is 4.99 Å². The van der Waals surface area contributed by atoms with Gasteiger partial charge in [0, 0.05) is 44.8 Å². The van der Waals surface area contributed by atoms with Gasteiger partial charge in [0.05, 0.1) is 13.7 Å². The molecule has 0 saturated heterocycles. The van der Waals surface area contributed by atoms with Crippen molar-refractivity contribution < 1.29 is 4.74 Å². The standard InChI is InChI=1S/C22H31N7O/c1-15-12-18(16(2)29(15)19-8-10-20(30-7)11-9-19)14-27(5)22(23-4)24-13-21-26-25-17(3)28(21)6/h8-12H,13-14H2,1-7H3,(H,23,24). The third kappa shape index (κ3) is 4.32. The maximum Gasteiger partial charge on any atom is 0.194 e. The Morgan fingerprint density at radius 1 is 1.17 bits per heavy atom. The van der Waals surface area contributed by atoms with Crippen LogP contribution in [0.5, 0.6) is 5.75 Å². The van der Waals surface area contributed by atoms with E-state index in [0.717, 1.165) is 35.6 Å². The van der Waals surface area contributed by atoms with Gasteiger partial charge in [0.1, 0.15) is 11.6 Å². The van der Waals surface area contributed by atoms with Gasteiger partial charge in [-0.2, -0.15) is 0 Å². The Labute approximate surface area is 178 Å². The first-order valence-electron chi connectivity index (χ1n) is 9.94. The number of hydrogen-bond donors (Lipinski definition) is 1. The van der Waals surface area contributed by atoms with Crippen LogP contribution in [0.2, 0.25) is 0 Å². The molecule has 2 aromatic heterocycles. The van der Waals surface area contributed by atoms with E-state index in [4.69, 9.17) is 4.74 Å². The fourth-order valence-corrected chi connectivity index (χ4v) is 3.60. The lowest BCUT2D eigenvalue weighted by molar-refractivity contribution is 0.414. The number of ether oxygens (including phenoxy) is 1. The molecule has 160 valence electrons. The Kier molecular flexibility index (Phi) is 6.44. The van der Waals surface area contributed by atoms with E-state index in [1.807, 2.05) is 37.7 Å². The second-order valence-electron chi connectivity index (χ2n) is 7.41. The van der Waals surface area contributed by atoms with Crippen molar-refractivity contribution in [1.29, 1.82) is 0 Å². The van der Waals surface area contributed by atoms with Crippen LogP contribution >= 0.6 is 0 Å². The topological polar surface area (TPSA) is 72.5 Å². The Morgan fingerprint density at radius 3 is 2.43 bits per heavy atom. The van der Waals surface area contributed by atoms with Crippen LogP contribution in [0.25, 0.3) is 5.69 Å². The number of guanidine groups is 1. The van der Waals surface area contributed by atoms with Crippen LogP contribution in [0.4, 0.5) is 0 Å². The summed E-state index contributed by atoms with van der Waals surface area (Å²) in [6.45, 7) is 7.53. The normalized spacial score (nSPS) is 11.6. The molecule has 0 radical (unpaired) electrons. The molecule has 0 saturated carbocycles. The van der Waals surface area contributed by atoms with E-state index in [0.29, 0.717) is 6.54 Å². The molecule has 3 rings (SSSR count). The summed E-state index contributed by atoms with van der Waals surface area (Å²) < 4.78 is 9.52. The summed E-state index contributed by atoms with van der Waals surface area (Å²) in [5, 5.41) is 11.7. The van der Waals surface area contributed by atoms with E-state index in [9.17, 15) is 0 Å². The Morgan fingerprint density at radius 2 is 1.87 bits per heavy atom. The van der Waals surface area contributed by atoms with Crippen molar-refractivity contribution in [3.05, 3.63) is 58.9 Å². The first-order chi connectivity index (χ1) is 14.3. The number of aromatic nitrogens is 4. The number of hydrogen-bond acceptors (Lipinski definition) is 4. The van der Waals surface area contributed by atoms with Crippen LogP contribution < -0.4 is 10.1 Å². The molecule has 1 aromatic carbocycles. The number of aryl methyl sites for hydroxylation is 2. The summed E-state index contributed by atoms with van der Waals surface area (Å²) >= 11 is 0. The van der Waals surface area contributed by atoms with Crippen LogP contribution in [0.3, 0.4) is 0 Å². The van der Waals surface area contributed by atoms with Crippen molar-refractivity contribution in [2.45, 2.75) is 33.9 Å². The molecule has 2 heterocycles. The highest BCUT2D eigenvalue weighted by molar-refractivity contribution is 5.79. The minimum atomic E-state index is 0.569. The fourth-order valence-electron chi connectivity index (χ4n) is 3.60. The molecule has 8 nitrogen and oxygen atoms in total. The molecule has 0 amide bonds. The van der Waals surface area contributed by atoms with E-state index in [-0.39, 0.29) is 0 Å². The Bertz CT molecular complexity index is 1030. The van der Waals surface area contributed by atoms with Crippen molar-refractivity contribution in [3.63, 3.8) is 0 Å². The Balaban J connectivity index is 1.73. The number of benzene rings is 1. The molecule has 0 aliphatic rings. The van der Waals surface area contributed by atoms with Crippen LogP contribution in [0.15, 0.2) is 35.3 Å². The molecule has 0 aliphatic heterocycles. The second-order valence-corrected chi connectivity index (χ2v) is 7.41. The maximum absolute atomic E-state index is 5.28. The van der Waals surface area contributed by atoms with Gasteiger partial charge in [-0.1, -0.05) is 0 Å². The van der Waals surface area contributed by atoms with Crippen LogP contribution in [0, 0.1) is 20.8 Å².